The number of para-hydroxylation sites is 1. The lowest BCUT2D eigenvalue weighted by molar-refractivity contribution is -0.117. The van der Waals surface area contributed by atoms with Gasteiger partial charge in [-0.15, -0.1) is 0 Å². The zero-order valence-corrected chi connectivity index (χ0v) is 15.4. The molecule has 1 amide bonds. The molecule has 1 heterocycles. The first-order valence-corrected chi connectivity index (χ1v) is 9.80. The third-order valence-electron chi connectivity index (χ3n) is 4.20. The number of anilines is 1. The molecule has 0 aromatic heterocycles. The molecule has 0 unspecified atom stereocenters. The Balaban J connectivity index is 1.86. The Bertz CT molecular complexity index is 686. The van der Waals surface area contributed by atoms with Crippen molar-refractivity contribution in [1.29, 1.82) is 0 Å². The maximum Gasteiger partial charge on any atom is 0.282 e. The van der Waals surface area contributed by atoms with Gasteiger partial charge < -0.3 is 5.32 Å². The molecule has 0 aliphatic carbocycles. The van der Waals surface area contributed by atoms with E-state index in [9.17, 15) is 17.6 Å². The molecular weight excluding hydrogens is 347 g/mol. The molecule has 0 bridgehead atoms. The van der Waals surface area contributed by atoms with Crippen molar-refractivity contribution in [2.75, 3.05) is 51.1 Å². The molecule has 2 rings (SSSR count). The molecule has 1 aromatic carbocycles. The van der Waals surface area contributed by atoms with Crippen LogP contribution in [0.1, 0.15) is 13.8 Å². The van der Waals surface area contributed by atoms with E-state index in [1.165, 1.54) is 20.7 Å². The summed E-state index contributed by atoms with van der Waals surface area (Å²) >= 11 is 0. The highest BCUT2D eigenvalue weighted by Crippen LogP contribution is 2.14. The standard InChI is InChI=1S/C16H25FN4O3S/c1-3-20(4-2)25(23,24)21-11-9-19(10-12-21)13-16(22)18-15-8-6-5-7-14(15)17/h5-8H,3-4,9-13H2,1-2H3,(H,18,22). The Morgan fingerprint density at radius 3 is 2.32 bits per heavy atom. The fourth-order valence-corrected chi connectivity index (χ4v) is 4.39. The van der Waals surface area contributed by atoms with Gasteiger partial charge in [0.1, 0.15) is 5.82 Å². The van der Waals surface area contributed by atoms with E-state index >= 15 is 0 Å². The van der Waals surface area contributed by atoms with E-state index in [-0.39, 0.29) is 18.1 Å². The summed E-state index contributed by atoms with van der Waals surface area (Å²) < 4.78 is 41.4. The van der Waals surface area contributed by atoms with Gasteiger partial charge in [-0.2, -0.15) is 17.0 Å². The first-order valence-electron chi connectivity index (χ1n) is 8.40. The van der Waals surface area contributed by atoms with Gasteiger partial charge in [-0.1, -0.05) is 26.0 Å². The number of amides is 1. The fourth-order valence-electron chi connectivity index (χ4n) is 2.79. The maximum absolute atomic E-state index is 13.5. The highest BCUT2D eigenvalue weighted by atomic mass is 32.2. The SMILES string of the molecule is CCN(CC)S(=O)(=O)N1CCN(CC(=O)Nc2ccccc2F)CC1. The summed E-state index contributed by atoms with van der Waals surface area (Å²) in [4.78, 5) is 13.9. The normalized spacial score (nSPS) is 17.0. The summed E-state index contributed by atoms with van der Waals surface area (Å²) in [6, 6.07) is 5.99. The van der Waals surface area contributed by atoms with Gasteiger partial charge in [0.25, 0.3) is 10.2 Å². The highest BCUT2D eigenvalue weighted by molar-refractivity contribution is 7.86. The molecule has 1 aliphatic heterocycles. The third kappa shape index (κ3) is 4.97. The smallest absolute Gasteiger partial charge is 0.282 e. The molecule has 25 heavy (non-hydrogen) atoms. The van der Waals surface area contributed by atoms with Gasteiger partial charge in [-0.25, -0.2) is 4.39 Å². The maximum atomic E-state index is 13.5. The molecule has 140 valence electrons. The first kappa shape index (κ1) is 19.8. The van der Waals surface area contributed by atoms with Gasteiger partial charge in [0.15, 0.2) is 0 Å². The van der Waals surface area contributed by atoms with Crippen molar-refractivity contribution in [3.63, 3.8) is 0 Å². The molecule has 7 nitrogen and oxygen atoms in total. The van der Waals surface area contributed by atoms with E-state index in [1.54, 1.807) is 12.1 Å². The monoisotopic (exact) mass is 372 g/mol. The summed E-state index contributed by atoms with van der Waals surface area (Å²) in [6.07, 6.45) is 0. The summed E-state index contributed by atoms with van der Waals surface area (Å²) in [5.41, 5.74) is 0.148. The van der Waals surface area contributed by atoms with Crippen molar-refractivity contribution < 1.29 is 17.6 Å². The third-order valence-corrected chi connectivity index (χ3v) is 6.39. The molecule has 1 aliphatic rings. The van der Waals surface area contributed by atoms with Crippen LogP contribution in [0.4, 0.5) is 10.1 Å². The van der Waals surface area contributed by atoms with Gasteiger partial charge >= 0.3 is 0 Å². The van der Waals surface area contributed by atoms with Crippen molar-refractivity contribution in [3.05, 3.63) is 30.1 Å². The van der Waals surface area contributed by atoms with Crippen molar-refractivity contribution in [2.45, 2.75) is 13.8 Å². The lowest BCUT2D eigenvalue weighted by atomic mass is 10.3. The van der Waals surface area contributed by atoms with Crippen LogP contribution in [0, 0.1) is 5.82 Å². The Morgan fingerprint density at radius 2 is 1.76 bits per heavy atom. The number of nitrogens with zero attached hydrogens (tertiary/aromatic N) is 3. The lowest BCUT2D eigenvalue weighted by Crippen LogP contribution is -2.54. The van der Waals surface area contributed by atoms with Crippen molar-refractivity contribution in [2.24, 2.45) is 0 Å². The second-order valence-corrected chi connectivity index (χ2v) is 7.72. The van der Waals surface area contributed by atoms with E-state index in [2.05, 4.69) is 5.32 Å². The summed E-state index contributed by atoms with van der Waals surface area (Å²) in [6.45, 7) is 6.20. The Labute approximate surface area is 148 Å². The molecule has 0 saturated carbocycles. The zero-order valence-electron chi connectivity index (χ0n) is 14.6. The molecule has 1 N–H and O–H groups in total. The average Bonchev–Trinajstić information content (AvgIpc) is 2.58. The highest BCUT2D eigenvalue weighted by Gasteiger charge is 2.31. The number of carbonyl (C=O) groups is 1. The average molecular weight is 372 g/mol. The topological polar surface area (TPSA) is 73.0 Å². The van der Waals surface area contributed by atoms with Crippen molar-refractivity contribution >= 4 is 21.8 Å². The van der Waals surface area contributed by atoms with E-state index < -0.39 is 16.0 Å². The van der Waals surface area contributed by atoms with Crippen LogP contribution in [0.15, 0.2) is 24.3 Å². The zero-order chi connectivity index (χ0) is 18.4. The Morgan fingerprint density at radius 1 is 1.16 bits per heavy atom. The molecule has 0 atom stereocenters. The number of carbonyl (C=O) groups excluding carboxylic acids is 1. The van der Waals surface area contributed by atoms with Gasteiger partial charge in [0, 0.05) is 39.3 Å². The number of piperazine rings is 1. The molecule has 1 aromatic rings. The van der Waals surface area contributed by atoms with Crippen LogP contribution in [-0.4, -0.2) is 73.6 Å². The largest absolute Gasteiger partial charge is 0.322 e. The van der Waals surface area contributed by atoms with Crippen LogP contribution in [0.2, 0.25) is 0 Å². The van der Waals surface area contributed by atoms with Crippen molar-refractivity contribution in [1.82, 2.24) is 13.5 Å². The number of benzene rings is 1. The summed E-state index contributed by atoms with van der Waals surface area (Å²) in [5.74, 6) is -0.795. The van der Waals surface area contributed by atoms with Crippen LogP contribution in [0.5, 0.6) is 0 Å². The minimum Gasteiger partial charge on any atom is -0.322 e. The van der Waals surface area contributed by atoms with E-state index in [0.29, 0.717) is 39.3 Å². The van der Waals surface area contributed by atoms with Crippen LogP contribution in [0.25, 0.3) is 0 Å². The van der Waals surface area contributed by atoms with Crippen LogP contribution < -0.4 is 5.32 Å². The van der Waals surface area contributed by atoms with E-state index in [4.69, 9.17) is 0 Å². The van der Waals surface area contributed by atoms with Crippen LogP contribution >= 0.6 is 0 Å². The number of nitrogens with one attached hydrogen (secondary N) is 1. The summed E-state index contributed by atoms with van der Waals surface area (Å²) in [5, 5.41) is 2.54. The van der Waals surface area contributed by atoms with Gasteiger partial charge in [-0.05, 0) is 12.1 Å². The fraction of sp³-hybridized carbons (Fsp3) is 0.562. The second kappa shape index (κ2) is 8.70. The van der Waals surface area contributed by atoms with E-state index in [1.807, 2.05) is 18.7 Å². The van der Waals surface area contributed by atoms with Gasteiger partial charge in [-0.3, -0.25) is 9.69 Å². The lowest BCUT2D eigenvalue weighted by Gasteiger charge is -2.35. The molecular formula is C16H25FN4O3S. The first-order chi connectivity index (χ1) is 11.9. The van der Waals surface area contributed by atoms with Gasteiger partial charge in [0.05, 0.1) is 12.2 Å². The second-order valence-electron chi connectivity index (χ2n) is 5.80. The molecule has 1 fully saturated rings. The molecule has 0 spiro atoms. The Hall–Kier alpha value is -1.55. The number of halogens is 1. The van der Waals surface area contributed by atoms with Crippen LogP contribution in [0.3, 0.4) is 0 Å². The van der Waals surface area contributed by atoms with Crippen LogP contribution in [-0.2, 0) is 15.0 Å². The molecule has 0 radical (unpaired) electrons. The quantitative estimate of drug-likeness (QED) is 0.774. The number of hydrogen-bond donors (Lipinski definition) is 1. The minimum atomic E-state index is -3.44. The van der Waals surface area contributed by atoms with Gasteiger partial charge in [0.2, 0.25) is 5.91 Å². The molecule has 9 heteroatoms. The Kier molecular flexibility index (Phi) is 6.88. The van der Waals surface area contributed by atoms with E-state index in [0.717, 1.165) is 0 Å². The molecule has 1 saturated heterocycles. The van der Waals surface area contributed by atoms with Crippen molar-refractivity contribution in [3.8, 4) is 0 Å². The predicted octanol–water partition coefficient (Wildman–Crippen LogP) is 0.968. The predicted molar refractivity (Wildman–Crippen MR) is 94.9 cm³/mol. The number of hydrogen-bond acceptors (Lipinski definition) is 4. The number of rotatable bonds is 7. The summed E-state index contributed by atoms with van der Waals surface area (Å²) in [7, 11) is -3.44. The minimum absolute atomic E-state index is 0.105.